The Kier molecular flexibility index (Phi) is 4.51. The van der Waals surface area contributed by atoms with Gasteiger partial charge in [0.05, 0.1) is 5.41 Å². The second kappa shape index (κ2) is 5.49. The maximum atomic E-state index is 12.0. The molecule has 0 bridgehead atoms. The van der Waals surface area contributed by atoms with Gasteiger partial charge in [-0.05, 0) is 20.4 Å². The molecule has 1 aliphatic heterocycles. The van der Waals surface area contributed by atoms with Gasteiger partial charge in [0, 0.05) is 32.6 Å². The van der Waals surface area contributed by atoms with Crippen LogP contribution in [0.1, 0.15) is 27.2 Å². The fourth-order valence-corrected chi connectivity index (χ4v) is 1.88. The summed E-state index contributed by atoms with van der Waals surface area (Å²) in [6, 6.07) is 0. The lowest BCUT2D eigenvalue weighted by molar-refractivity contribution is -0.151. The summed E-state index contributed by atoms with van der Waals surface area (Å²) >= 11 is 0. The summed E-state index contributed by atoms with van der Waals surface area (Å²) in [6.07, 6.45) is 0.0778. The van der Waals surface area contributed by atoms with E-state index in [1.165, 1.54) is 0 Å². The van der Waals surface area contributed by atoms with Crippen molar-refractivity contribution in [2.75, 3.05) is 32.7 Å². The molecule has 17 heavy (non-hydrogen) atoms. The van der Waals surface area contributed by atoms with Crippen LogP contribution in [0.25, 0.3) is 0 Å². The minimum atomic E-state index is -0.973. The van der Waals surface area contributed by atoms with Gasteiger partial charge in [-0.25, -0.2) is 0 Å². The van der Waals surface area contributed by atoms with Crippen LogP contribution in [0.4, 0.5) is 0 Å². The number of nitrogens with zero attached hydrogens (tertiary/aromatic N) is 2. The number of piperazine rings is 1. The highest BCUT2D eigenvalue weighted by Gasteiger charge is 2.32. The highest BCUT2D eigenvalue weighted by molar-refractivity contribution is 5.84. The topological polar surface area (TPSA) is 60.9 Å². The molecule has 1 fully saturated rings. The van der Waals surface area contributed by atoms with E-state index < -0.39 is 11.4 Å². The van der Waals surface area contributed by atoms with Crippen molar-refractivity contribution in [1.82, 2.24) is 9.80 Å². The summed E-state index contributed by atoms with van der Waals surface area (Å²) in [5.41, 5.74) is -0.973. The molecule has 1 N–H and O–H groups in total. The van der Waals surface area contributed by atoms with Crippen LogP contribution in [0.5, 0.6) is 0 Å². The van der Waals surface area contributed by atoms with E-state index in [4.69, 9.17) is 5.11 Å². The molecule has 1 saturated heterocycles. The molecule has 5 nitrogen and oxygen atoms in total. The Hall–Kier alpha value is -1.10. The van der Waals surface area contributed by atoms with Crippen LogP contribution in [0.3, 0.4) is 0 Å². The number of carboxylic acids is 1. The molecule has 5 heteroatoms. The van der Waals surface area contributed by atoms with Crippen molar-refractivity contribution in [3.8, 4) is 0 Å². The molecule has 1 amide bonds. The van der Waals surface area contributed by atoms with E-state index >= 15 is 0 Å². The van der Waals surface area contributed by atoms with Gasteiger partial charge in [0.25, 0.3) is 0 Å². The maximum Gasteiger partial charge on any atom is 0.309 e. The molecule has 0 unspecified atom stereocenters. The predicted octanol–water partition coefficient (Wildman–Crippen LogP) is 0.651. The monoisotopic (exact) mass is 242 g/mol. The zero-order chi connectivity index (χ0) is 13.1. The number of aliphatic carboxylic acids is 1. The Morgan fingerprint density at radius 3 is 2.12 bits per heavy atom. The lowest BCUT2D eigenvalue weighted by atomic mass is 9.89. The second-order valence-electron chi connectivity index (χ2n) is 5.18. The average Bonchev–Trinajstić information content (AvgIpc) is 2.28. The summed E-state index contributed by atoms with van der Waals surface area (Å²) < 4.78 is 0. The number of amides is 1. The minimum Gasteiger partial charge on any atom is -0.481 e. The van der Waals surface area contributed by atoms with E-state index in [2.05, 4.69) is 11.8 Å². The summed E-state index contributed by atoms with van der Waals surface area (Å²) in [6.45, 7) is 9.48. The van der Waals surface area contributed by atoms with Crippen LogP contribution < -0.4 is 0 Å². The smallest absolute Gasteiger partial charge is 0.309 e. The van der Waals surface area contributed by atoms with Crippen molar-refractivity contribution in [2.45, 2.75) is 27.2 Å². The van der Waals surface area contributed by atoms with E-state index in [1.54, 1.807) is 18.7 Å². The molecule has 0 aromatic carbocycles. The lowest BCUT2D eigenvalue weighted by Gasteiger charge is -2.35. The zero-order valence-corrected chi connectivity index (χ0v) is 10.9. The molecule has 0 aromatic heterocycles. The van der Waals surface area contributed by atoms with Crippen molar-refractivity contribution < 1.29 is 14.7 Å². The van der Waals surface area contributed by atoms with Gasteiger partial charge in [0.2, 0.25) is 5.91 Å². The standard InChI is InChI=1S/C12H22N2O3/c1-4-13-5-7-14(8-6-13)10(15)9-12(2,3)11(16)17/h4-9H2,1-3H3,(H,16,17). The van der Waals surface area contributed by atoms with Crippen LogP contribution in [0.15, 0.2) is 0 Å². The van der Waals surface area contributed by atoms with E-state index in [9.17, 15) is 9.59 Å². The third-order valence-electron chi connectivity index (χ3n) is 3.34. The van der Waals surface area contributed by atoms with Gasteiger partial charge in [-0.1, -0.05) is 6.92 Å². The molecule has 0 aromatic rings. The van der Waals surface area contributed by atoms with Crippen LogP contribution in [0.2, 0.25) is 0 Å². The van der Waals surface area contributed by atoms with Crippen molar-refractivity contribution in [2.24, 2.45) is 5.41 Å². The third kappa shape index (κ3) is 3.70. The summed E-state index contributed by atoms with van der Waals surface area (Å²) in [5, 5.41) is 8.99. The summed E-state index contributed by atoms with van der Waals surface area (Å²) in [5.74, 6) is -0.966. The molecule has 1 aliphatic rings. The van der Waals surface area contributed by atoms with Crippen LogP contribution in [0, 0.1) is 5.41 Å². The Labute approximate surface area is 102 Å². The number of carbonyl (C=O) groups is 2. The first kappa shape index (κ1) is 14.0. The highest BCUT2D eigenvalue weighted by atomic mass is 16.4. The van der Waals surface area contributed by atoms with Gasteiger partial charge in [-0.15, -0.1) is 0 Å². The molecule has 98 valence electrons. The van der Waals surface area contributed by atoms with Gasteiger partial charge in [0.1, 0.15) is 0 Å². The fraction of sp³-hybridized carbons (Fsp3) is 0.833. The van der Waals surface area contributed by atoms with E-state index in [0.29, 0.717) is 13.1 Å². The van der Waals surface area contributed by atoms with Gasteiger partial charge >= 0.3 is 5.97 Å². The molecule has 1 heterocycles. The first-order valence-electron chi connectivity index (χ1n) is 6.10. The van der Waals surface area contributed by atoms with E-state index in [0.717, 1.165) is 19.6 Å². The van der Waals surface area contributed by atoms with Gasteiger partial charge < -0.3 is 14.9 Å². The van der Waals surface area contributed by atoms with Crippen LogP contribution >= 0.6 is 0 Å². The van der Waals surface area contributed by atoms with Crippen molar-refractivity contribution in [3.05, 3.63) is 0 Å². The Morgan fingerprint density at radius 2 is 1.71 bits per heavy atom. The Morgan fingerprint density at radius 1 is 1.18 bits per heavy atom. The predicted molar refractivity (Wildman–Crippen MR) is 64.7 cm³/mol. The van der Waals surface area contributed by atoms with Crippen LogP contribution in [-0.4, -0.2) is 59.5 Å². The fourth-order valence-electron chi connectivity index (χ4n) is 1.88. The number of hydrogen-bond acceptors (Lipinski definition) is 3. The first-order valence-corrected chi connectivity index (χ1v) is 6.10. The molecule has 0 atom stereocenters. The largest absolute Gasteiger partial charge is 0.481 e. The Balaban J connectivity index is 2.47. The average molecular weight is 242 g/mol. The minimum absolute atomic E-state index is 0.0480. The Bertz CT molecular complexity index is 294. The molecule has 0 spiro atoms. The van der Waals surface area contributed by atoms with Crippen molar-refractivity contribution >= 4 is 11.9 Å². The zero-order valence-electron chi connectivity index (χ0n) is 10.9. The first-order chi connectivity index (χ1) is 7.86. The lowest BCUT2D eigenvalue weighted by Crippen LogP contribution is -2.49. The highest BCUT2D eigenvalue weighted by Crippen LogP contribution is 2.22. The molecule has 0 saturated carbocycles. The number of carbonyl (C=O) groups excluding carboxylic acids is 1. The van der Waals surface area contributed by atoms with E-state index in [-0.39, 0.29) is 12.3 Å². The van der Waals surface area contributed by atoms with Gasteiger partial charge in [0.15, 0.2) is 0 Å². The quantitative estimate of drug-likeness (QED) is 0.786. The molecule has 0 radical (unpaired) electrons. The van der Waals surface area contributed by atoms with Crippen molar-refractivity contribution in [1.29, 1.82) is 0 Å². The SMILES string of the molecule is CCN1CCN(C(=O)CC(C)(C)C(=O)O)CC1. The van der Waals surface area contributed by atoms with Crippen LogP contribution in [-0.2, 0) is 9.59 Å². The van der Waals surface area contributed by atoms with Gasteiger partial charge in [-0.2, -0.15) is 0 Å². The summed E-state index contributed by atoms with van der Waals surface area (Å²) in [4.78, 5) is 27.0. The number of likely N-dealkylation sites (N-methyl/N-ethyl adjacent to an activating group) is 1. The van der Waals surface area contributed by atoms with E-state index in [1.807, 2.05) is 0 Å². The normalized spacial score (nSPS) is 18.2. The van der Waals surface area contributed by atoms with Crippen molar-refractivity contribution in [3.63, 3.8) is 0 Å². The van der Waals surface area contributed by atoms with Gasteiger partial charge in [-0.3, -0.25) is 9.59 Å². The molecular formula is C12H22N2O3. The molecular weight excluding hydrogens is 220 g/mol. The number of rotatable bonds is 4. The molecule has 1 rings (SSSR count). The molecule has 0 aliphatic carbocycles. The number of carboxylic acid groups (broad SMARTS) is 1. The second-order valence-corrected chi connectivity index (χ2v) is 5.18. The summed E-state index contributed by atoms with van der Waals surface area (Å²) in [7, 11) is 0. The maximum absolute atomic E-state index is 12.0. The number of hydrogen-bond donors (Lipinski definition) is 1. The third-order valence-corrected chi connectivity index (χ3v) is 3.34.